The Labute approximate surface area is 257 Å². The number of aryl methyl sites for hydroxylation is 3. The van der Waals surface area contributed by atoms with Crippen molar-refractivity contribution >= 4 is 34.0 Å². The fraction of sp³-hybridized carbons (Fsp3) is 0.500. The highest BCUT2D eigenvalue weighted by Gasteiger charge is 2.33. The van der Waals surface area contributed by atoms with Crippen LogP contribution in [0.4, 0.5) is 23.1 Å². The maximum Gasteiger partial charge on any atom is 0.227 e. The fourth-order valence-electron chi connectivity index (χ4n) is 7.07. The SMILES string of the molecule is CCc1cc(N(C)CCN(C)C)ccc1Nc1nccc(-c2c(N3CCC(C(C)CC)C3)n3c4c(cccc24)CCC3)n1. The van der Waals surface area contributed by atoms with Gasteiger partial charge in [-0.25, -0.2) is 9.97 Å². The fourth-order valence-corrected chi connectivity index (χ4v) is 7.07. The number of hydrogen-bond acceptors (Lipinski definition) is 6. The van der Waals surface area contributed by atoms with E-state index in [0.29, 0.717) is 5.95 Å². The van der Waals surface area contributed by atoms with Crippen molar-refractivity contribution < 1.29 is 0 Å². The van der Waals surface area contributed by atoms with Crippen molar-refractivity contribution in [2.24, 2.45) is 11.8 Å². The lowest BCUT2D eigenvalue weighted by Crippen LogP contribution is -2.28. The highest BCUT2D eigenvalue weighted by Crippen LogP contribution is 2.45. The molecule has 0 spiro atoms. The third-order valence-corrected chi connectivity index (χ3v) is 9.89. The van der Waals surface area contributed by atoms with Gasteiger partial charge in [0, 0.05) is 62.7 Å². The van der Waals surface area contributed by atoms with E-state index in [2.05, 4.69) is 109 Å². The van der Waals surface area contributed by atoms with Gasteiger partial charge in [-0.2, -0.15) is 0 Å². The molecule has 2 aliphatic heterocycles. The van der Waals surface area contributed by atoms with Crippen LogP contribution in [0.25, 0.3) is 22.2 Å². The number of rotatable bonds is 11. The summed E-state index contributed by atoms with van der Waals surface area (Å²) in [5.41, 5.74) is 8.71. The molecule has 2 atom stereocenters. The lowest BCUT2D eigenvalue weighted by molar-refractivity contribution is 0.379. The van der Waals surface area contributed by atoms with Crippen molar-refractivity contribution in [2.75, 3.05) is 62.4 Å². The molecule has 4 heterocycles. The number of para-hydroxylation sites is 1. The Morgan fingerprint density at radius 1 is 1.05 bits per heavy atom. The molecule has 2 aromatic heterocycles. The molecule has 2 aromatic carbocycles. The summed E-state index contributed by atoms with van der Waals surface area (Å²) in [4.78, 5) is 17.1. The maximum atomic E-state index is 5.19. The first-order valence-corrected chi connectivity index (χ1v) is 16.4. The van der Waals surface area contributed by atoms with E-state index < -0.39 is 0 Å². The Bertz CT molecular complexity index is 1570. The molecular formula is C36H49N7. The van der Waals surface area contributed by atoms with Gasteiger partial charge in [-0.3, -0.25) is 0 Å². The molecule has 0 amide bonds. The Hall–Kier alpha value is -3.58. The number of nitrogens with zero attached hydrogens (tertiary/aromatic N) is 6. The van der Waals surface area contributed by atoms with Crippen LogP contribution in [0.2, 0.25) is 0 Å². The average Bonchev–Trinajstić information content (AvgIpc) is 3.64. The molecule has 2 aliphatic rings. The van der Waals surface area contributed by atoms with Crippen molar-refractivity contribution in [2.45, 2.75) is 59.4 Å². The molecule has 2 unspecified atom stereocenters. The van der Waals surface area contributed by atoms with Crippen LogP contribution in [0.1, 0.15) is 51.2 Å². The van der Waals surface area contributed by atoms with Gasteiger partial charge in [0.1, 0.15) is 5.82 Å². The highest BCUT2D eigenvalue weighted by molar-refractivity contribution is 6.04. The number of aromatic nitrogens is 3. The van der Waals surface area contributed by atoms with Gasteiger partial charge in [-0.15, -0.1) is 0 Å². The Morgan fingerprint density at radius 2 is 1.91 bits per heavy atom. The molecule has 0 aliphatic carbocycles. The zero-order valence-electron chi connectivity index (χ0n) is 27.0. The molecule has 1 saturated heterocycles. The second-order valence-corrected chi connectivity index (χ2v) is 13.0. The molecule has 43 heavy (non-hydrogen) atoms. The zero-order chi connectivity index (χ0) is 30.1. The molecule has 7 nitrogen and oxygen atoms in total. The van der Waals surface area contributed by atoms with E-state index in [1.54, 1.807) is 0 Å². The van der Waals surface area contributed by atoms with E-state index in [9.17, 15) is 0 Å². The first kappa shape index (κ1) is 29.5. The molecule has 7 heteroatoms. The van der Waals surface area contributed by atoms with Crippen LogP contribution in [0, 0.1) is 11.8 Å². The Balaban J connectivity index is 1.36. The summed E-state index contributed by atoms with van der Waals surface area (Å²) >= 11 is 0. The number of benzene rings is 2. The van der Waals surface area contributed by atoms with Gasteiger partial charge in [-0.1, -0.05) is 45.4 Å². The van der Waals surface area contributed by atoms with Gasteiger partial charge in [0.2, 0.25) is 5.95 Å². The van der Waals surface area contributed by atoms with Crippen LogP contribution < -0.4 is 15.1 Å². The summed E-state index contributed by atoms with van der Waals surface area (Å²) in [7, 11) is 6.41. The van der Waals surface area contributed by atoms with Crippen LogP contribution in [0.5, 0.6) is 0 Å². The van der Waals surface area contributed by atoms with Gasteiger partial charge < -0.3 is 24.6 Å². The van der Waals surface area contributed by atoms with Gasteiger partial charge in [-0.05, 0) is 87.0 Å². The van der Waals surface area contributed by atoms with E-state index in [1.165, 1.54) is 58.4 Å². The summed E-state index contributed by atoms with van der Waals surface area (Å²) in [5.74, 6) is 3.50. The summed E-state index contributed by atoms with van der Waals surface area (Å²) < 4.78 is 2.61. The van der Waals surface area contributed by atoms with Gasteiger partial charge >= 0.3 is 0 Å². The van der Waals surface area contributed by atoms with E-state index >= 15 is 0 Å². The van der Waals surface area contributed by atoms with E-state index in [1.807, 2.05) is 6.20 Å². The summed E-state index contributed by atoms with van der Waals surface area (Å²) in [5, 5.41) is 4.91. The lowest BCUT2D eigenvalue weighted by atomic mass is 9.91. The average molecular weight is 580 g/mol. The molecule has 1 fully saturated rings. The minimum Gasteiger partial charge on any atom is -0.373 e. The second-order valence-electron chi connectivity index (χ2n) is 13.0. The van der Waals surface area contributed by atoms with E-state index in [4.69, 9.17) is 9.97 Å². The second kappa shape index (κ2) is 12.6. The minimum atomic E-state index is 0.651. The van der Waals surface area contributed by atoms with Gasteiger partial charge in [0.05, 0.1) is 16.8 Å². The quantitative estimate of drug-likeness (QED) is 0.202. The van der Waals surface area contributed by atoms with E-state index in [0.717, 1.165) is 68.8 Å². The van der Waals surface area contributed by atoms with Crippen LogP contribution >= 0.6 is 0 Å². The largest absolute Gasteiger partial charge is 0.373 e. The normalized spacial score (nSPS) is 17.2. The Morgan fingerprint density at radius 3 is 2.70 bits per heavy atom. The van der Waals surface area contributed by atoms with Gasteiger partial charge in [0.25, 0.3) is 0 Å². The highest BCUT2D eigenvalue weighted by atomic mass is 15.3. The van der Waals surface area contributed by atoms with Crippen molar-refractivity contribution in [1.82, 2.24) is 19.4 Å². The number of likely N-dealkylation sites (N-methyl/N-ethyl adjacent to an activating group) is 2. The van der Waals surface area contributed by atoms with Crippen molar-refractivity contribution in [3.63, 3.8) is 0 Å². The lowest BCUT2D eigenvalue weighted by Gasteiger charge is -2.26. The van der Waals surface area contributed by atoms with Crippen molar-refractivity contribution in [3.05, 3.63) is 59.8 Å². The third-order valence-electron chi connectivity index (χ3n) is 9.89. The molecule has 6 rings (SSSR count). The van der Waals surface area contributed by atoms with E-state index in [-0.39, 0.29) is 0 Å². The van der Waals surface area contributed by atoms with Gasteiger partial charge in [0.15, 0.2) is 0 Å². The maximum absolute atomic E-state index is 5.19. The molecule has 4 aromatic rings. The molecule has 1 N–H and O–H groups in total. The first-order valence-electron chi connectivity index (χ1n) is 16.4. The van der Waals surface area contributed by atoms with Crippen molar-refractivity contribution in [3.8, 4) is 11.3 Å². The summed E-state index contributed by atoms with van der Waals surface area (Å²) in [6.45, 7) is 12.3. The molecule has 0 saturated carbocycles. The number of anilines is 4. The third kappa shape index (κ3) is 5.84. The number of hydrogen-bond donors (Lipinski definition) is 1. The van der Waals surface area contributed by atoms with Crippen LogP contribution in [0.15, 0.2) is 48.7 Å². The number of nitrogens with one attached hydrogen (secondary N) is 1. The summed E-state index contributed by atoms with van der Waals surface area (Å²) in [6.07, 6.45) is 7.69. The minimum absolute atomic E-state index is 0.651. The van der Waals surface area contributed by atoms with Crippen molar-refractivity contribution in [1.29, 1.82) is 0 Å². The predicted octanol–water partition coefficient (Wildman–Crippen LogP) is 7.22. The Kier molecular flexibility index (Phi) is 8.62. The molecule has 228 valence electrons. The zero-order valence-corrected chi connectivity index (χ0v) is 27.0. The van der Waals surface area contributed by atoms with Crippen LogP contribution in [0.3, 0.4) is 0 Å². The molecule has 0 bridgehead atoms. The topological polar surface area (TPSA) is 52.5 Å². The first-order chi connectivity index (χ1) is 20.9. The van der Waals surface area contributed by atoms with Crippen LogP contribution in [-0.2, 0) is 19.4 Å². The smallest absolute Gasteiger partial charge is 0.227 e. The van der Waals surface area contributed by atoms with Crippen LogP contribution in [-0.4, -0.2) is 66.8 Å². The monoisotopic (exact) mass is 579 g/mol. The molecule has 0 radical (unpaired) electrons. The predicted molar refractivity (Wildman–Crippen MR) is 182 cm³/mol. The summed E-state index contributed by atoms with van der Waals surface area (Å²) in [6, 6.07) is 15.6. The standard InChI is InChI=1S/C36H49N7/c1-7-25(3)28-17-20-42(24-28)35-33(30-13-9-11-27-12-10-19-43(35)34(27)30)32-16-18-37-36(39-32)38-31-15-14-29(23-26(31)8-2)41(6)22-21-40(4)5/h9,11,13-16,18,23,25,28H,7-8,10,12,17,19-22,24H2,1-6H3,(H,37,38,39). The molecular weight excluding hydrogens is 530 g/mol.